The van der Waals surface area contributed by atoms with Crippen molar-refractivity contribution in [2.24, 2.45) is 11.7 Å². The summed E-state index contributed by atoms with van der Waals surface area (Å²) in [7, 11) is -2.34. The van der Waals surface area contributed by atoms with Crippen LogP contribution in [-0.2, 0) is 10.0 Å². The number of methoxy groups -OCH3 is 1. The van der Waals surface area contributed by atoms with Crippen LogP contribution in [0.5, 0.6) is 5.75 Å². The number of benzene rings is 1. The predicted molar refractivity (Wildman–Crippen MR) is 85.3 cm³/mol. The number of halogens is 2. The monoisotopic (exact) mass is 352 g/mol. The molecule has 1 aromatic rings. The van der Waals surface area contributed by atoms with E-state index >= 15 is 0 Å². The van der Waals surface area contributed by atoms with E-state index in [2.05, 4.69) is 0 Å². The Labute approximate surface area is 137 Å². The number of nitrogens with two attached hydrogens (primary N) is 1. The lowest BCUT2D eigenvalue weighted by atomic mass is 9.93. The average molecular weight is 353 g/mol. The molecule has 0 saturated carbocycles. The Morgan fingerprint density at radius 3 is 2.73 bits per heavy atom. The van der Waals surface area contributed by atoms with Crippen LogP contribution in [0.2, 0.25) is 0 Å². The number of nitrogens with zero attached hydrogens (tertiary/aromatic N) is 1. The van der Waals surface area contributed by atoms with Crippen LogP contribution in [0.1, 0.15) is 19.8 Å². The Kier molecular flexibility index (Phi) is 6.61. The largest absolute Gasteiger partial charge is 0.494 e. The fraction of sp³-hybridized carbons (Fsp3) is 0.571. The SMILES string of the molecule is COc1cc(S(=O)(=O)N2CCCC(C(C)N)C2)ccc1F.Cl. The molecule has 2 N–H and O–H groups in total. The van der Waals surface area contributed by atoms with Crippen molar-refractivity contribution in [2.75, 3.05) is 20.2 Å². The summed E-state index contributed by atoms with van der Waals surface area (Å²) >= 11 is 0. The zero-order chi connectivity index (χ0) is 15.6. The summed E-state index contributed by atoms with van der Waals surface area (Å²) in [4.78, 5) is 0.0473. The molecule has 1 aliphatic heterocycles. The molecule has 2 atom stereocenters. The molecular formula is C14H22ClFN2O3S. The normalized spacial score (nSPS) is 21.0. The van der Waals surface area contributed by atoms with Gasteiger partial charge in [-0.05, 0) is 37.8 Å². The summed E-state index contributed by atoms with van der Waals surface area (Å²) in [5.41, 5.74) is 5.89. The third kappa shape index (κ3) is 3.90. The van der Waals surface area contributed by atoms with Gasteiger partial charge in [0.05, 0.1) is 12.0 Å². The number of piperidine rings is 1. The highest BCUT2D eigenvalue weighted by molar-refractivity contribution is 7.89. The lowest BCUT2D eigenvalue weighted by molar-refractivity contribution is 0.243. The molecule has 0 spiro atoms. The molecule has 0 aliphatic carbocycles. The molecule has 1 aromatic carbocycles. The zero-order valence-electron chi connectivity index (χ0n) is 12.7. The third-order valence-corrected chi connectivity index (χ3v) is 5.79. The molecule has 0 radical (unpaired) electrons. The molecular weight excluding hydrogens is 331 g/mol. The first-order valence-electron chi connectivity index (χ1n) is 6.95. The minimum absolute atomic E-state index is 0. The molecule has 22 heavy (non-hydrogen) atoms. The van der Waals surface area contributed by atoms with E-state index < -0.39 is 15.8 Å². The third-order valence-electron chi connectivity index (χ3n) is 3.92. The van der Waals surface area contributed by atoms with Gasteiger partial charge in [0.1, 0.15) is 0 Å². The molecule has 8 heteroatoms. The number of rotatable bonds is 4. The topological polar surface area (TPSA) is 72.6 Å². The molecule has 5 nitrogen and oxygen atoms in total. The van der Waals surface area contributed by atoms with E-state index in [1.54, 1.807) is 0 Å². The Morgan fingerprint density at radius 2 is 2.14 bits per heavy atom. The van der Waals surface area contributed by atoms with Gasteiger partial charge in [-0.1, -0.05) is 0 Å². The van der Waals surface area contributed by atoms with Crippen molar-refractivity contribution in [3.8, 4) is 5.75 Å². The smallest absolute Gasteiger partial charge is 0.243 e. The second kappa shape index (κ2) is 7.59. The summed E-state index contributed by atoms with van der Waals surface area (Å²) in [6.07, 6.45) is 1.71. The van der Waals surface area contributed by atoms with E-state index in [9.17, 15) is 12.8 Å². The molecule has 0 bridgehead atoms. The molecule has 1 fully saturated rings. The van der Waals surface area contributed by atoms with E-state index in [1.165, 1.54) is 23.5 Å². The molecule has 126 valence electrons. The molecule has 2 rings (SSSR count). The first-order chi connectivity index (χ1) is 9.86. The van der Waals surface area contributed by atoms with Crippen LogP contribution in [0.25, 0.3) is 0 Å². The summed E-state index contributed by atoms with van der Waals surface area (Å²) in [5.74, 6) is -0.503. The van der Waals surface area contributed by atoms with Crippen molar-refractivity contribution >= 4 is 22.4 Å². The molecule has 1 saturated heterocycles. The molecule has 2 unspecified atom stereocenters. The number of sulfonamides is 1. The van der Waals surface area contributed by atoms with Crippen LogP contribution in [0.4, 0.5) is 4.39 Å². The lowest BCUT2D eigenvalue weighted by Gasteiger charge is -2.33. The van der Waals surface area contributed by atoms with E-state index in [4.69, 9.17) is 10.5 Å². The zero-order valence-corrected chi connectivity index (χ0v) is 14.3. The molecule has 0 aromatic heterocycles. The average Bonchev–Trinajstić information content (AvgIpc) is 2.47. The van der Waals surface area contributed by atoms with Gasteiger partial charge in [0, 0.05) is 25.2 Å². The van der Waals surface area contributed by atoms with Crippen molar-refractivity contribution in [1.82, 2.24) is 4.31 Å². The maximum absolute atomic E-state index is 13.4. The second-order valence-electron chi connectivity index (χ2n) is 5.42. The maximum Gasteiger partial charge on any atom is 0.243 e. The Morgan fingerprint density at radius 1 is 1.45 bits per heavy atom. The summed E-state index contributed by atoms with van der Waals surface area (Å²) in [5, 5.41) is 0. The van der Waals surface area contributed by atoms with Gasteiger partial charge in [-0.15, -0.1) is 12.4 Å². The van der Waals surface area contributed by atoms with Gasteiger partial charge in [0.15, 0.2) is 11.6 Å². The van der Waals surface area contributed by atoms with Gasteiger partial charge < -0.3 is 10.5 Å². The van der Waals surface area contributed by atoms with Crippen molar-refractivity contribution < 1.29 is 17.5 Å². The highest BCUT2D eigenvalue weighted by atomic mass is 35.5. The van der Waals surface area contributed by atoms with Gasteiger partial charge >= 0.3 is 0 Å². The molecule has 1 aliphatic rings. The van der Waals surface area contributed by atoms with Crippen LogP contribution >= 0.6 is 12.4 Å². The first kappa shape index (κ1) is 19.2. The van der Waals surface area contributed by atoms with Crippen LogP contribution in [0.15, 0.2) is 23.1 Å². The Balaban J connectivity index is 0.00000242. The minimum Gasteiger partial charge on any atom is -0.494 e. The van der Waals surface area contributed by atoms with Crippen molar-refractivity contribution in [2.45, 2.75) is 30.7 Å². The molecule has 1 heterocycles. The Bertz CT molecular complexity index is 610. The fourth-order valence-electron chi connectivity index (χ4n) is 2.57. The second-order valence-corrected chi connectivity index (χ2v) is 7.36. The van der Waals surface area contributed by atoms with E-state index in [0.717, 1.165) is 18.9 Å². The van der Waals surface area contributed by atoms with Crippen molar-refractivity contribution in [1.29, 1.82) is 0 Å². The van der Waals surface area contributed by atoms with Gasteiger partial charge in [-0.25, -0.2) is 12.8 Å². The van der Waals surface area contributed by atoms with Crippen LogP contribution < -0.4 is 10.5 Å². The van der Waals surface area contributed by atoms with Crippen LogP contribution in [0, 0.1) is 11.7 Å². The number of hydrogen-bond donors (Lipinski definition) is 1. The number of hydrogen-bond acceptors (Lipinski definition) is 4. The quantitative estimate of drug-likeness (QED) is 0.899. The van der Waals surface area contributed by atoms with E-state index in [1.807, 2.05) is 6.92 Å². The van der Waals surface area contributed by atoms with Crippen molar-refractivity contribution in [3.05, 3.63) is 24.0 Å². The first-order valence-corrected chi connectivity index (χ1v) is 8.39. The highest BCUT2D eigenvalue weighted by Gasteiger charge is 2.32. The van der Waals surface area contributed by atoms with Crippen molar-refractivity contribution in [3.63, 3.8) is 0 Å². The van der Waals surface area contributed by atoms with Crippen LogP contribution in [-0.4, -0.2) is 39.0 Å². The number of ether oxygens (including phenoxy) is 1. The minimum atomic E-state index is -3.65. The van der Waals surface area contributed by atoms with Gasteiger partial charge in [-0.2, -0.15) is 4.31 Å². The maximum atomic E-state index is 13.4. The predicted octanol–water partition coefficient (Wildman–Crippen LogP) is 2.00. The standard InChI is InChI=1S/C14H21FN2O3S.ClH/c1-10(16)11-4-3-7-17(9-11)21(18,19)12-5-6-13(15)14(8-12)20-2;/h5-6,8,10-11H,3-4,7,9,16H2,1-2H3;1H. The Hall–Kier alpha value is -0.890. The highest BCUT2D eigenvalue weighted by Crippen LogP contribution is 2.28. The van der Waals surface area contributed by atoms with E-state index in [0.29, 0.717) is 13.1 Å². The summed E-state index contributed by atoms with van der Waals surface area (Å²) < 4.78 is 45.0. The van der Waals surface area contributed by atoms with E-state index in [-0.39, 0.29) is 35.0 Å². The molecule has 0 amide bonds. The summed E-state index contributed by atoms with van der Waals surface area (Å²) in [6, 6.07) is 3.55. The van der Waals surface area contributed by atoms with Gasteiger partial charge in [-0.3, -0.25) is 0 Å². The fourth-order valence-corrected chi connectivity index (χ4v) is 4.12. The van der Waals surface area contributed by atoms with Crippen LogP contribution in [0.3, 0.4) is 0 Å². The van der Waals surface area contributed by atoms with Gasteiger partial charge in [0.2, 0.25) is 10.0 Å². The summed E-state index contributed by atoms with van der Waals surface area (Å²) in [6.45, 7) is 2.76. The lowest BCUT2D eigenvalue weighted by Crippen LogP contribution is -2.44. The van der Waals surface area contributed by atoms with Gasteiger partial charge in [0.25, 0.3) is 0 Å².